The maximum atomic E-state index is 11.9. The Morgan fingerprint density at radius 1 is 1.36 bits per heavy atom. The molecule has 0 unspecified atom stereocenters. The summed E-state index contributed by atoms with van der Waals surface area (Å²) in [7, 11) is 0. The van der Waals surface area contributed by atoms with E-state index in [1.807, 2.05) is 30.3 Å². The van der Waals surface area contributed by atoms with Gasteiger partial charge in [0, 0.05) is 18.8 Å². The number of halogens is 1. The first-order chi connectivity index (χ1) is 10.3. The number of hydrogen-bond acceptors (Lipinski definition) is 6. The van der Waals surface area contributed by atoms with Crippen LogP contribution >= 0.6 is 12.4 Å². The fourth-order valence-electron chi connectivity index (χ4n) is 2.06. The van der Waals surface area contributed by atoms with Crippen LogP contribution in [0.4, 0.5) is 5.69 Å². The van der Waals surface area contributed by atoms with Crippen LogP contribution in [0.1, 0.15) is 17.8 Å². The molecule has 0 bridgehead atoms. The Morgan fingerprint density at radius 2 is 2.18 bits per heavy atom. The first-order valence-electron chi connectivity index (χ1n) is 6.81. The molecule has 1 saturated heterocycles. The van der Waals surface area contributed by atoms with Gasteiger partial charge in [0.05, 0.1) is 13.0 Å². The molecule has 1 aliphatic heterocycles. The second-order valence-corrected chi connectivity index (χ2v) is 4.70. The van der Waals surface area contributed by atoms with Crippen LogP contribution in [0.3, 0.4) is 0 Å². The number of nitrogens with zero attached hydrogens (tertiary/aromatic N) is 2. The molecule has 1 amide bonds. The lowest BCUT2D eigenvalue weighted by Crippen LogP contribution is -2.33. The van der Waals surface area contributed by atoms with E-state index in [2.05, 4.69) is 20.8 Å². The van der Waals surface area contributed by atoms with E-state index < -0.39 is 0 Å². The van der Waals surface area contributed by atoms with Crippen molar-refractivity contribution in [1.29, 1.82) is 0 Å². The molecule has 0 radical (unpaired) electrons. The fraction of sp³-hybridized carbons (Fsp3) is 0.357. The highest BCUT2D eigenvalue weighted by Crippen LogP contribution is 2.16. The van der Waals surface area contributed by atoms with Crippen LogP contribution in [-0.4, -0.2) is 35.7 Å². The van der Waals surface area contributed by atoms with Crippen molar-refractivity contribution in [3.63, 3.8) is 0 Å². The molecule has 0 aliphatic carbocycles. The van der Waals surface area contributed by atoms with Crippen LogP contribution < -0.4 is 10.6 Å². The molecule has 2 aromatic rings. The van der Waals surface area contributed by atoms with Gasteiger partial charge in [0.25, 0.3) is 5.89 Å². The third-order valence-corrected chi connectivity index (χ3v) is 3.06. The van der Waals surface area contributed by atoms with Crippen molar-refractivity contribution in [2.75, 3.05) is 25.0 Å². The van der Waals surface area contributed by atoms with Crippen molar-refractivity contribution in [3.8, 4) is 0 Å². The molecular weight excluding hydrogens is 308 g/mol. The summed E-state index contributed by atoms with van der Waals surface area (Å²) in [6, 6.07) is 9.24. The zero-order chi connectivity index (χ0) is 14.5. The number of rotatable bonds is 4. The Morgan fingerprint density at radius 3 is 2.91 bits per heavy atom. The number of hydrogen-bond donors (Lipinski definition) is 2. The predicted octanol–water partition coefficient (Wildman–Crippen LogP) is 1.33. The summed E-state index contributed by atoms with van der Waals surface area (Å²) in [6.07, 6.45) is -0.171. The molecule has 2 heterocycles. The Balaban J connectivity index is 0.00000176. The van der Waals surface area contributed by atoms with Crippen LogP contribution in [0.2, 0.25) is 0 Å². The Labute approximate surface area is 133 Å². The lowest BCUT2D eigenvalue weighted by molar-refractivity contribution is -0.115. The molecule has 2 N–H and O–H groups in total. The largest absolute Gasteiger partial charge is 0.366 e. The van der Waals surface area contributed by atoms with Crippen molar-refractivity contribution in [2.45, 2.75) is 12.5 Å². The topological polar surface area (TPSA) is 89.3 Å². The van der Waals surface area contributed by atoms with Gasteiger partial charge in [-0.2, -0.15) is 4.98 Å². The van der Waals surface area contributed by atoms with Gasteiger partial charge in [0.1, 0.15) is 6.10 Å². The summed E-state index contributed by atoms with van der Waals surface area (Å²) in [4.78, 5) is 16.1. The second-order valence-electron chi connectivity index (χ2n) is 4.70. The third kappa shape index (κ3) is 4.27. The SMILES string of the molecule is Cl.O=C(Cc1noc([C@H]2CNCCO2)n1)Nc1ccccc1. The Kier molecular flexibility index (Phi) is 5.88. The summed E-state index contributed by atoms with van der Waals surface area (Å²) in [5, 5.41) is 9.78. The number of para-hydroxylation sites is 1. The number of anilines is 1. The highest BCUT2D eigenvalue weighted by atomic mass is 35.5. The summed E-state index contributed by atoms with van der Waals surface area (Å²) in [5.74, 6) is 0.577. The lowest BCUT2D eigenvalue weighted by atomic mass is 10.3. The van der Waals surface area contributed by atoms with Crippen molar-refractivity contribution in [3.05, 3.63) is 42.0 Å². The van der Waals surface area contributed by atoms with E-state index in [0.717, 1.165) is 12.2 Å². The average Bonchev–Trinajstić information content (AvgIpc) is 2.97. The third-order valence-electron chi connectivity index (χ3n) is 3.06. The van der Waals surface area contributed by atoms with Crippen LogP contribution in [0.25, 0.3) is 0 Å². The minimum Gasteiger partial charge on any atom is -0.366 e. The van der Waals surface area contributed by atoms with Gasteiger partial charge in [-0.05, 0) is 12.1 Å². The molecule has 8 heteroatoms. The number of benzene rings is 1. The molecular formula is C14H17ClN4O3. The van der Waals surface area contributed by atoms with Crippen molar-refractivity contribution < 1.29 is 14.1 Å². The number of carbonyl (C=O) groups excluding carboxylic acids is 1. The summed E-state index contributed by atoms with van der Waals surface area (Å²) in [5.41, 5.74) is 0.742. The number of carbonyl (C=O) groups is 1. The van der Waals surface area contributed by atoms with E-state index in [1.54, 1.807) is 0 Å². The molecule has 1 aromatic carbocycles. The van der Waals surface area contributed by atoms with Crippen LogP contribution in [0.15, 0.2) is 34.9 Å². The Hall–Kier alpha value is -1.96. The zero-order valence-corrected chi connectivity index (χ0v) is 12.6. The van der Waals surface area contributed by atoms with E-state index >= 15 is 0 Å². The molecule has 1 fully saturated rings. The number of morpholine rings is 1. The quantitative estimate of drug-likeness (QED) is 0.882. The Bertz CT molecular complexity index is 599. The molecule has 1 aliphatic rings. The van der Waals surface area contributed by atoms with Gasteiger partial charge in [-0.1, -0.05) is 23.4 Å². The molecule has 0 saturated carbocycles. The van der Waals surface area contributed by atoms with Gasteiger partial charge in [-0.3, -0.25) is 4.79 Å². The van der Waals surface area contributed by atoms with E-state index in [1.165, 1.54) is 0 Å². The standard InChI is InChI=1S/C14H16N4O3.ClH/c19-13(16-10-4-2-1-3-5-10)8-12-17-14(21-18-12)11-9-15-6-7-20-11;/h1-5,11,15H,6-9H2,(H,16,19);1H/t11-;/m1./s1. The summed E-state index contributed by atoms with van der Waals surface area (Å²) < 4.78 is 10.7. The summed E-state index contributed by atoms with van der Waals surface area (Å²) in [6.45, 7) is 2.06. The molecule has 3 rings (SSSR count). The lowest BCUT2D eigenvalue weighted by Gasteiger charge is -2.19. The smallest absolute Gasteiger partial charge is 0.257 e. The molecule has 1 atom stereocenters. The van der Waals surface area contributed by atoms with Gasteiger partial charge < -0.3 is 19.9 Å². The minimum absolute atomic E-state index is 0. The number of aromatic nitrogens is 2. The van der Waals surface area contributed by atoms with Crippen molar-refractivity contribution >= 4 is 24.0 Å². The highest BCUT2D eigenvalue weighted by molar-refractivity contribution is 5.91. The monoisotopic (exact) mass is 324 g/mol. The van der Waals surface area contributed by atoms with Gasteiger partial charge in [-0.15, -0.1) is 12.4 Å². The molecule has 1 aromatic heterocycles. The molecule has 118 valence electrons. The van der Waals surface area contributed by atoms with E-state index in [-0.39, 0.29) is 30.8 Å². The van der Waals surface area contributed by atoms with Crippen LogP contribution in [0, 0.1) is 0 Å². The van der Waals surface area contributed by atoms with Gasteiger partial charge >= 0.3 is 0 Å². The van der Waals surface area contributed by atoms with E-state index in [9.17, 15) is 4.79 Å². The predicted molar refractivity (Wildman–Crippen MR) is 81.9 cm³/mol. The minimum atomic E-state index is -0.239. The van der Waals surface area contributed by atoms with Crippen LogP contribution in [0.5, 0.6) is 0 Å². The van der Waals surface area contributed by atoms with E-state index in [4.69, 9.17) is 9.26 Å². The van der Waals surface area contributed by atoms with Gasteiger partial charge in [0.2, 0.25) is 5.91 Å². The average molecular weight is 325 g/mol. The van der Waals surface area contributed by atoms with Gasteiger partial charge in [0.15, 0.2) is 5.82 Å². The summed E-state index contributed by atoms with van der Waals surface area (Å²) >= 11 is 0. The maximum Gasteiger partial charge on any atom is 0.257 e. The van der Waals surface area contributed by atoms with Crippen LogP contribution in [-0.2, 0) is 16.0 Å². The fourth-order valence-corrected chi connectivity index (χ4v) is 2.06. The highest BCUT2D eigenvalue weighted by Gasteiger charge is 2.22. The molecule has 7 nitrogen and oxygen atoms in total. The normalized spacial score (nSPS) is 17.5. The van der Waals surface area contributed by atoms with Gasteiger partial charge in [-0.25, -0.2) is 0 Å². The number of nitrogens with one attached hydrogen (secondary N) is 2. The first-order valence-corrected chi connectivity index (χ1v) is 6.81. The molecule has 22 heavy (non-hydrogen) atoms. The first kappa shape index (κ1) is 16.4. The van der Waals surface area contributed by atoms with Crippen molar-refractivity contribution in [1.82, 2.24) is 15.5 Å². The van der Waals surface area contributed by atoms with Crippen molar-refractivity contribution in [2.24, 2.45) is 0 Å². The maximum absolute atomic E-state index is 11.9. The number of ether oxygens (including phenoxy) is 1. The zero-order valence-electron chi connectivity index (χ0n) is 11.8. The second kappa shape index (κ2) is 7.88. The molecule has 0 spiro atoms. The van der Waals surface area contributed by atoms with E-state index in [0.29, 0.717) is 24.9 Å². The number of amides is 1.